The molecule has 4 aliphatic rings. The van der Waals surface area contributed by atoms with Crippen LogP contribution in [-0.4, -0.2) is 0 Å². The Morgan fingerprint density at radius 3 is 1.26 bits per heavy atom. The van der Waals surface area contributed by atoms with Gasteiger partial charge in [-0.2, -0.15) is 0 Å². The Bertz CT molecular complexity index is 6110. The first kappa shape index (κ1) is 57.2. The van der Waals surface area contributed by atoms with E-state index in [2.05, 4.69) is 392 Å². The average Bonchev–Trinajstić information content (AvgIpc) is 1.57. The molecule has 17 aromatic carbocycles. The van der Waals surface area contributed by atoms with Crippen molar-refractivity contribution >= 4 is 60.8 Å². The van der Waals surface area contributed by atoms with Crippen LogP contribution in [0.3, 0.4) is 0 Å². The zero-order valence-corrected chi connectivity index (χ0v) is 55.3. The number of fused-ring (bicyclic) bond motifs is 18. The molecule has 0 radical (unpaired) electrons. The van der Waals surface area contributed by atoms with Crippen LogP contribution in [0, 0.1) is 0 Å². The number of hydrogen-bond donors (Lipinski definition) is 1. The van der Waals surface area contributed by atoms with Crippen LogP contribution in [-0.2, 0) is 16.2 Å². The minimum Gasteiger partial charge on any atom is -0.354 e. The summed E-state index contributed by atoms with van der Waals surface area (Å²) in [5.41, 5.74) is 30.7. The Hall–Kier alpha value is -12.9. The number of nitrogens with one attached hydrogen (secondary N) is 1. The zero-order chi connectivity index (χ0) is 66.4. The molecule has 2 aliphatic carbocycles. The normalized spacial score (nSPS) is 14.2. The maximum Gasteiger partial charge on any atom is 0.0742 e. The van der Waals surface area contributed by atoms with Crippen molar-refractivity contribution in [2.24, 2.45) is 0 Å². The first-order valence-corrected chi connectivity index (χ1v) is 35.3. The molecule has 0 amide bonds. The second-order valence-corrected chi connectivity index (χ2v) is 27.6. The summed E-state index contributed by atoms with van der Waals surface area (Å²) in [5.74, 6) is 0. The van der Waals surface area contributed by atoms with Crippen molar-refractivity contribution in [3.63, 3.8) is 0 Å². The van der Waals surface area contributed by atoms with Crippen molar-refractivity contribution in [3.05, 3.63) is 449 Å². The Kier molecular flexibility index (Phi) is 12.5. The van der Waals surface area contributed by atoms with Crippen LogP contribution in [0.5, 0.6) is 0 Å². The second-order valence-electron chi connectivity index (χ2n) is 27.6. The van der Waals surface area contributed by atoms with Gasteiger partial charge in [-0.05, 0) is 174 Å². The van der Waals surface area contributed by atoms with Crippen LogP contribution < -0.4 is 10.2 Å². The number of benzene rings is 17. The molecule has 0 aromatic heterocycles. The smallest absolute Gasteiger partial charge is 0.0742 e. The SMILES string of the molecule is c1ccc(N2c3ccccc3C(c3ccccc3)(c3ccccc3)c3cccc(-c4cccc5c(-c6cccc7c6-c6c(ccc8ccccc68)C76c7ccccc7-c7ccccc76)c6cccc(-c7cccc8c7Nc7ccccc7C8(c7ccccc7)c7ccccc7)c6cc45)c32)cc1. The molecule has 2 heterocycles. The first-order valence-electron chi connectivity index (χ1n) is 35.3. The van der Waals surface area contributed by atoms with Gasteiger partial charge in [-0.25, -0.2) is 0 Å². The lowest BCUT2D eigenvalue weighted by molar-refractivity contribution is 0.731. The lowest BCUT2D eigenvalue weighted by atomic mass is 9.62. The van der Waals surface area contributed by atoms with E-state index in [0.717, 1.165) is 50.7 Å². The number of nitrogens with zero attached hydrogens (tertiary/aromatic N) is 1. The molecule has 0 unspecified atom stereocenters. The quantitative estimate of drug-likeness (QED) is 0.153. The summed E-state index contributed by atoms with van der Waals surface area (Å²) in [4.78, 5) is 2.56. The van der Waals surface area contributed by atoms with Crippen molar-refractivity contribution in [2.75, 3.05) is 10.2 Å². The van der Waals surface area contributed by atoms with E-state index >= 15 is 0 Å². The van der Waals surface area contributed by atoms with Gasteiger partial charge >= 0.3 is 0 Å². The van der Waals surface area contributed by atoms with E-state index in [-0.39, 0.29) is 0 Å². The molecular formula is C99H64N2. The van der Waals surface area contributed by atoms with Crippen molar-refractivity contribution in [3.8, 4) is 55.6 Å². The summed E-state index contributed by atoms with van der Waals surface area (Å²) in [6, 6.07) is 145. The van der Waals surface area contributed by atoms with Gasteiger partial charge < -0.3 is 10.2 Å². The molecule has 0 saturated carbocycles. The fourth-order valence-corrected chi connectivity index (χ4v) is 19.2. The molecule has 470 valence electrons. The fraction of sp³-hybridized carbons (Fsp3) is 0.0303. The molecule has 2 nitrogen and oxygen atoms in total. The predicted octanol–water partition coefficient (Wildman–Crippen LogP) is 25.1. The Labute approximate surface area is 588 Å². The molecule has 0 fully saturated rings. The average molecular weight is 1280 g/mol. The molecule has 0 bridgehead atoms. The Balaban J connectivity index is 0.918. The maximum atomic E-state index is 4.19. The van der Waals surface area contributed by atoms with Gasteiger partial charge in [0, 0.05) is 22.5 Å². The topological polar surface area (TPSA) is 15.3 Å². The van der Waals surface area contributed by atoms with E-state index in [9.17, 15) is 0 Å². The highest BCUT2D eigenvalue weighted by Gasteiger charge is 2.54. The van der Waals surface area contributed by atoms with Crippen molar-refractivity contribution in [2.45, 2.75) is 16.2 Å². The fourth-order valence-electron chi connectivity index (χ4n) is 19.2. The number of hydrogen-bond acceptors (Lipinski definition) is 2. The number of rotatable bonds is 8. The summed E-state index contributed by atoms with van der Waals surface area (Å²) in [5, 5.41) is 11.4. The van der Waals surface area contributed by atoms with Crippen molar-refractivity contribution < 1.29 is 0 Å². The van der Waals surface area contributed by atoms with Gasteiger partial charge in [0.05, 0.1) is 33.3 Å². The maximum absolute atomic E-state index is 4.19. The number of para-hydroxylation sites is 5. The molecule has 21 rings (SSSR count). The molecule has 2 heteroatoms. The number of anilines is 5. The molecule has 1 N–H and O–H groups in total. The van der Waals surface area contributed by atoms with Crippen LogP contribution in [0.1, 0.15) is 66.8 Å². The zero-order valence-electron chi connectivity index (χ0n) is 55.3. The van der Waals surface area contributed by atoms with Gasteiger partial charge in [0.25, 0.3) is 0 Å². The summed E-state index contributed by atoms with van der Waals surface area (Å²) in [6.07, 6.45) is 0. The molecular weight excluding hydrogens is 1220 g/mol. The Morgan fingerprint density at radius 2 is 0.634 bits per heavy atom. The van der Waals surface area contributed by atoms with Crippen LogP contribution in [0.15, 0.2) is 382 Å². The second kappa shape index (κ2) is 22.1. The third kappa shape index (κ3) is 7.76. The third-order valence-corrected chi connectivity index (χ3v) is 23.0. The van der Waals surface area contributed by atoms with Crippen molar-refractivity contribution in [1.82, 2.24) is 0 Å². The van der Waals surface area contributed by atoms with Crippen LogP contribution in [0.2, 0.25) is 0 Å². The van der Waals surface area contributed by atoms with Gasteiger partial charge in [-0.3, -0.25) is 0 Å². The lowest BCUT2D eigenvalue weighted by Crippen LogP contribution is -2.38. The molecule has 0 atom stereocenters. The standard InChI is InChI=1S/C99H64N2/c1-6-32-65(33-7-1)97(66-34-8-2-9-35-66)84-54-22-24-59-90(84)100-95-77(49-28-57-88(95)97)71-45-26-47-75-80(71)63-81-72(78-50-29-58-89-96(78)101(69-40-14-5-15-41-69)91-60-25-23-55-85(91)98(89,67-36-10-3-11-37-67)68-38-12-4-13-39-68)46-27-48-76(81)92(75)79-51-30-56-86-94(79)93-70-42-17-16-31-64(70)61-62-87(93)99(86)82-52-20-18-43-73(82)74-44-19-21-53-83(74)99/h1-63,100H. The molecule has 0 saturated heterocycles. The molecule has 2 aliphatic heterocycles. The highest BCUT2D eigenvalue weighted by molar-refractivity contribution is 6.23. The highest BCUT2D eigenvalue weighted by atomic mass is 15.2. The van der Waals surface area contributed by atoms with Crippen LogP contribution in [0.25, 0.3) is 88.0 Å². The minimum atomic E-state index is -0.716. The van der Waals surface area contributed by atoms with Gasteiger partial charge in [0.1, 0.15) is 0 Å². The van der Waals surface area contributed by atoms with E-state index in [1.165, 1.54) is 132 Å². The molecule has 17 aromatic rings. The summed E-state index contributed by atoms with van der Waals surface area (Å²) >= 11 is 0. The molecule has 1 spiro atoms. The third-order valence-electron chi connectivity index (χ3n) is 23.0. The van der Waals surface area contributed by atoms with E-state index in [4.69, 9.17) is 0 Å². The largest absolute Gasteiger partial charge is 0.354 e. The first-order chi connectivity index (χ1) is 50.2. The van der Waals surface area contributed by atoms with E-state index in [0.29, 0.717) is 0 Å². The summed E-state index contributed by atoms with van der Waals surface area (Å²) in [7, 11) is 0. The highest BCUT2D eigenvalue weighted by Crippen LogP contribution is 2.67. The molecule has 101 heavy (non-hydrogen) atoms. The monoisotopic (exact) mass is 1280 g/mol. The summed E-state index contributed by atoms with van der Waals surface area (Å²) in [6.45, 7) is 0. The Morgan fingerprint density at radius 1 is 0.218 bits per heavy atom. The minimum absolute atomic E-state index is 0.589. The van der Waals surface area contributed by atoms with Crippen LogP contribution in [0.4, 0.5) is 28.4 Å². The van der Waals surface area contributed by atoms with Crippen molar-refractivity contribution in [1.29, 1.82) is 0 Å². The van der Waals surface area contributed by atoms with E-state index < -0.39 is 16.2 Å². The van der Waals surface area contributed by atoms with Gasteiger partial charge in [0.2, 0.25) is 0 Å². The van der Waals surface area contributed by atoms with Crippen LogP contribution >= 0.6 is 0 Å². The van der Waals surface area contributed by atoms with E-state index in [1.807, 2.05) is 0 Å². The van der Waals surface area contributed by atoms with E-state index in [1.54, 1.807) is 0 Å². The predicted molar refractivity (Wildman–Crippen MR) is 420 cm³/mol. The van der Waals surface area contributed by atoms with Gasteiger partial charge in [-0.15, -0.1) is 0 Å². The van der Waals surface area contributed by atoms with Gasteiger partial charge in [0.15, 0.2) is 0 Å². The lowest BCUT2D eigenvalue weighted by Gasteiger charge is -2.47. The summed E-state index contributed by atoms with van der Waals surface area (Å²) < 4.78 is 0. The van der Waals surface area contributed by atoms with Gasteiger partial charge in [-0.1, -0.05) is 352 Å².